The van der Waals surface area contributed by atoms with Gasteiger partial charge in [-0.1, -0.05) is 170 Å². The van der Waals surface area contributed by atoms with E-state index in [2.05, 4.69) is 67.5 Å². The Morgan fingerprint density at radius 1 is 0.295 bits per heavy atom. The summed E-state index contributed by atoms with van der Waals surface area (Å²) in [5.41, 5.74) is 0. The van der Waals surface area contributed by atoms with Gasteiger partial charge in [0, 0.05) is 13.2 Å². The zero-order valence-electron chi connectivity index (χ0n) is 31.6. The van der Waals surface area contributed by atoms with Gasteiger partial charge in [-0.3, -0.25) is 0 Å². The van der Waals surface area contributed by atoms with Gasteiger partial charge in [-0.2, -0.15) is 0 Å². The summed E-state index contributed by atoms with van der Waals surface area (Å²) < 4.78 is 11.8. The summed E-state index contributed by atoms with van der Waals surface area (Å²) in [6.07, 6.45) is 32.5. The molecule has 1 rings (SSSR count). The number of hydrogen-bond donors (Lipinski definition) is 0. The molecule has 0 aliphatic carbocycles. The van der Waals surface area contributed by atoms with Gasteiger partial charge in [0.1, 0.15) is 0 Å². The molecule has 0 spiro atoms. The third-order valence-corrected chi connectivity index (χ3v) is 10.9. The van der Waals surface area contributed by atoms with Crippen molar-refractivity contribution < 1.29 is 9.47 Å². The van der Waals surface area contributed by atoms with Crippen LogP contribution in [-0.2, 0) is 9.47 Å². The molecule has 0 fully saturated rings. The molecule has 0 aromatic carbocycles. The minimum atomic E-state index is 0.730. The molecule has 0 aromatic heterocycles. The molecule has 1 aliphatic heterocycles. The van der Waals surface area contributed by atoms with E-state index < -0.39 is 0 Å². The first kappa shape index (κ1) is 41.7. The van der Waals surface area contributed by atoms with Gasteiger partial charge in [-0.15, -0.1) is 0 Å². The molecule has 8 atom stereocenters. The van der Waals surface area contributed by atoms with Crippen molar-refractivity contribution in [1.82, 2.24) is 0 Å². The predicted molar refractivity (Wildman–Crippen MR) is 196 cm³/mol. The van der Waals surface area contributed by atoms with Crippen molar-refractivity contribution >= 4 is 0 Å². The molecule has 1 aliphatic rings. The van der Waals surface area contributed by atoms with Gasteiger partial charge in [0.2, 0.25) is 0 Å². The molecular weight excluding hydrogens is 536 g/mol. The second kappa shape index (κ2) is 27.7. The maximum atomic E-state index is 5.90. The largest absolute Gasteiger partial charge is 0.379 e. The number of hydrogen-bond acceptors (Lipinski definition) is 2. The fourth-order valence-electron chi connectivity index (χ4n) is 7.16. The Labute approximate surface area is 278 Å². The summed E-state index contributed by atoms with van der Waals surface area (Å²) in [6, 6.07) is 0. The summed E-state index contributed by atoms with van der Waals surface area (Å²) >= 11 is 0. The van der Waals surface area contributed by atoms with Crippen LogP contribution in [0.4, 0.5) is 0 Å². The second-order valence-corrected chi connectivity index (χ2v) is 16.4. The average molecular weight is 619 g/mol. The molecule has 0 N–H and O–H groups in total. The third-order valence-electron chi connectivity index (χ3n) is 10.9. The van der Waals surface area contributed by atoms with Crippen LogP contribution in [0.15, 0.2) is 12.2 Å². The van der Waals surface area contributed by atoms with Gasteiger partial charge in [-0.25, -0.2) is 0 Å². The van der Waals surface area contributed by atoms with Crippen molar-refractivity contribution in [3.8, 4) is 0 Å². The normalized spacial score (nSPS) is 35.1. The first-order valence-electron chi connectivity index (χ1n) is 20.0. The first-order valence-corrected chi connectivity index (χ1v) is 20.0. The van der Waals surface area contributed by atoms with Gasteiger partial charge in [0.15, 0.2) is 0 Å². The van der Waals surface area contributed by atoms with Crippen LogP contribution in [0.3, 0.4) is 0 Å². The Morgan fingerprint density at radius 2 is 0.523 bits per heavy atom. The summed E-state index contributed by atoms with van der Waals surface area (Å²) in [7, 11) is 0. The molecular formula is C42H82O2. The van der Waals surface area contributed by atoms with Crippen LogP contribution in [-0.4, -0.2) is 26.4 Å². The topological polar surface area (TPSA) is 18.5 Å². The minimum absolute atomic E-state index is 0.730. The first-order chi connectivity index (χ1) is 21.2. The lowest BCUT2D eigenvalue weighted by Gasteiger charge is -2.17. The van der Waals surface area contributed by atoms with Crippen LogP contribution in [0, 0.1) is 47.3 Å². The molecule has 0 bridgehead atoms. The highest BCUT2D eigenvalue weighted by Gasteiger charge is 2.11. The number of rotatable bonds is 0. The maximum Gasteiger partial charge on any atom is 0.0700 e. The predicted octanol–water partition coefficient (Wildman–Crippen LogP) is 13.5. The number of ether oxygens (including phenoxy) is 2. The zero-order chi connectivity index (χ0) is 32.4. The Balaban J connectivity index is 2.42. The van der Waals surface area contributed by atoms with Crippen molar-refractivity contribution in [3.63, 3.8) is 0 Å². The van der Waals surface area contributed by atoms with Crippen LogP contribution < -0.4 is 0 Å². The second-order valence-electron chi connectivity index (χ2n) is 16.4. The molecule has 262 valence electrons. The Kier molecular flexibility index (Phi) is 26.3. The molecule has 2 nitrogen and oxygen atoms in total. The molecule has 0 amide bonds. The van der Waals surface area contributed by atoms with E-state index in [4.69, 9.17) is 9.47 Å². The van der Waals surface area contributed by atoms with Gasteiger partial charge in [0.05, 0.1) is 13.2 Å². The molecule has 0 saturated carbocycles. The SMILES string of the molecule is C[C@@H]1CCC[C@H](C)CCC[C@H](C)C=C[C@@H](C)CCC[C@@H](C)CCC[C@@H](C)CCC[C@@H](C)CCOCCOCC[C@H](C)CCC1. The summed E-state index contributed by atoms with van der Waals surface area (Å²) in [6.45, 7) is 22.9. The smallest absolute Gasteiger partial charge is 0.0700 e. The maximum absolute atomic E-state index is 5.90. The van der Waals surface area contributed by atoms with Gasteiger partial charge < -0.3 is 9.47 Å². The summed E-state index contributed by atoms with van der Waals surface area (Å²) in [5.74, 6) is 6.52. The van der Waals surface area contributed by atoms with Gasteiger partial charge in [-0.05, 0) is 73.0 Å². The van der Waals surface area contributed by atoms with Crippen molar-refractivity contribution in [3.05, 3.63) is 12.2 Å². The van der Waals surface area contributed by atoms with Crippen molar-refractivity contribution in [1.29, 1.82) is 0 Å². The van der Waals surface area contributed by atoms with E-state index in [9.17, 15) is 0 Å². The van der Waals surface area contributed by atoms with Gasteiger partial charge >= 0.3 is 0 Å². The molecule has 2 heteroatoms. The van der Waals surface area contributed by atoms with E-state index in [1.807, 2.05) is 0 Å². The molecule has 0 unspecified atom stereocenters. The van der Waals surface area contributed by atoms with E-state index in [0.29, 0.717) is 0 Å². The Bertz CT molecular complexity index is 590. The van der Waals surface area contributed by atoms with Crippen molar-refractivity contribution in [2.24, 2.45) is 47.3 Å². The van der Waals surface area contributed by atoms with Crippen molar-refractivity contribution in [2.45, 2.75) is 184 Å². The highest BCUT2D eigenvalue weighted by atomic mass is 16.5. The van der Waals surface area contributed by atoms with E-state index >= 15 is 0 Å². The van der Waals surface area contributed by atoms with E-state index in [1.54, 1.807) is 0 Å². The van der Waals surface area contributed by atoms with Crippen LogP contribution in [0.5, 0.6) is 0 Å². The van der Waals surface area contributed by atoms with Crippen LogP contribution >= 0.6 is 0 Å². The van der Waals surface area contributed by atoms with Crippen LogP contribution in [0.1, 0.15) is 184 Å². The Hall–Kier alpha value is -0.340. The molecule has 0 radical (unpaired) electrons. The average Bonchev–Trinajstić information content (AvgIpc) is 2.97. The van der Waals surface area contributed by atoms with E-state index in [1.165, 1.54) is 128 Å². The lowest BCUT2D eigenvalue weighted by Crippen LogP contribution is -2.10. The molecule has 44 heavy (non-hydrogen) atoms. The minimum Gasteiger partial charge on any atom is -0.379 e. The summed E-state index contributed by atoms with van der Waals surface area (Å²) in [5, 5.41) is 0. The fourth-order valence-corrected chi connectivity index (χ4v) is 7.16. The highest BCUT2D eigenvalue weighted by Crippen LogP contribution is 2.25. The summed E-state index contributed by atoms with van der Waals surface area (Å²) in [4.78, 5) is 0. The zero-order valence-corrected chi connectivity index (χ0v) is 31.6. The van der Waals surface area contributed by atoms with Crippen molar-refractivity contribution in [2.75, 3.05) is 26.4 Å². The van der Waals surface area contributed by atoms with E-state index in [-0.39, 0.29) is 0 Å². The molecule has 0 saturated heterocycles. The van der Waals surface area contributed by atoms with Gasteiger partial charge in [0.25, 0.3) is 0 Å². The molecule has 0 aromatic rings. The Morgan fingerprint density at radius 3 is 0.795 bits per heavy atom. The standard InChI is InChI=1S/C42H82O2/c1-35-15-9-17-37(3)21-13-25-41(7)29-31-43-33-34-44-32-30-42(8)26-14-22-38(4)18-10-16-36(2)20-12-24-40(6)28-27-39(5)23-11-19-35/h27-28,35-42H,9-26,29-34H2,1-8H3/t35-,36-,37+,38+,39-,40-,41+,42+/m0/s1. The lowest BCUT2D eigenvalue weighted by atomic mass is 9.90. The molecule has 1 heterocycles. The van der Waals surface area contributed by atoms with E-state index in [0.717, 1.165) is 73.8 Å². The number of allylic oxidation sites excluding steroid dienone is 2. The van der Waals surface area contributed by atoms with Crippen LogP contribution in [0.2, 0.25) is 0 Å². The quantitative estimate of drug-likeness (QED) is 0.251. The van der Waals surface area contributed by atoms with Crippen LogP contribution in [0.25, 0.3) is 0 Å². The monoisotopic (exact) mass is 619 g/mol. The fraction of sp³-hybridized carbons (Fsp3) is 0.952. The third kappa shape index (κ3) is 25.8. The lowest BCUT2D eigenvalue weighted by molar-refractivity contribution is 0.0387. The highest BCUT2D eigenvalue weighted by molar-refractivity contribution is 4.90.